The normalized spacial score (nSPS) is 10.1. The van der Waals surface area contributed by atoms with E-state index < -0.39 is 0 Å². The van der Waals surface area contributed by atoms with Crippen LogP contribution in [0.5, 0.6) is 0 Å². The minimum Gasteiger partial charge on any atom is -0.274 e. The lowest BCUT2D eigenvalue weighted by atomic mass is 10.1. The number of benzene rings is 1. The van der Waals surface area contributed by atoms with E-state index in [9.17, 15) is 9.59 Å². The lowest BCUT2D eigenvalue weighted by Crippen LogP contribution is -2.42. The Balaban J connectivity index is 3.21. The number of amides is 2. The van der Waals surface area contributed by atoms with Crippen molar-refractivity contribution in [2.75, 3.05) is 7.05 Å². The minimum atomic E-state index is -0.266. The van der Waals surface area contributed by atoms with Crippen molar-refractivity contribution in [3.63, 3.8) is 0 Å². The van der Waals surface area contributed by atoms with Gasteiger partial charge in [0, 0.05) is 24.7 Å². The highest BCUT2D eigenvalue weighted by Crippen LogP contribution is 2.27. The van der Waals surface area contributed by atoms with Gasteiger partial charge in [-0.2, -0.15) is 0 Å². The molecule has 98 valence electrons. The predicted octanol–water partition coefficient (Wildman–Crippen LogP) is 2.93. The highest BCUT2D eigenvalue weighted by Gasteiger charge is 2.21. The van der Waals surface area contributed by atoms with Gasteiger partial charge in [0.05, 0.1) is 5.56 Å². The number of halogens is 3. The molecular weight excluding hydrogens is 573 g/mol. The fourth-order valence-corrected chi connectivity index (χ4v) is 5.17. The molecule has 0 aliphatic rings. The number of carbonyl (C=O) groups excluding carboxylic acids is 2. The van der Waals surface area contributed by atoms with E-state index in [1.54, 1.807) is 7.05 Å². The zero-order valence-corrected chi connectivity index (χ0v) is 16.4. The Bertz CT molecular complexity index is 518. The SMILES string of the molecule is CC(=O)NN(C)C(=O)c1c(I)cc(I)c(C)c1I. The molecular formula is C11H11I3N2O2. The Labute approximate surface area is 147 Å². The van der Waals surface area contributed by atoms with Crippen molar-refractivity contribution < 1.29 is 9.59 Å². The predicted molar refractivity (Wildman–Crippen MR) is 95.2 cm³/mol. The van der Waals surface area contributed by atoms with Crippen molar-refractivity contribution in [3.05, 3.63) is 27.9 Å². The molecule has 0 unspecified atom stereocenters. The van der Waals surface area contributed by atoms with E-state index in [4.69, 9.17) is 0 Å². The second kappa shape index (κ2) is 6.68. The van der Waals surface area contributed by atoms with Crippen molar-refractivity contribution in [2.24, 2.45) is 0 Å². The Kier molecular flexibility index (Phi) is 6.09. The van der Waals surface area contributed by atoms with Crippen LogP contribution in [0.2, 0.25) is 0 Å². The molecule has 0 atom stereocenters. The maximum Gasteiger partial charge on any atom is 0.274 e. The van der Waals surface area contributed by atoms with Gasteiger partial charge in [-0.05, 0) is 86.3 Å². The molecule has 0 saturated carbocycles. The van der Waals surface area contributed by atoms with Crippen molar-refractivity contribution >= 4 is 79.6 Å². The highest BCUT2D eigenvalue weighted by atomic mass is 127. The molecule has 7 heteroatoms. The fourth-order valence-electron chi connectivity index (χ4n) is 1.34. The van der Waals surface area contributed by atoms with E-state index >= 15 is 0 Å². The number of rotatable bonds is 1. The molecule has 1 aromatic carbocycles. The van der Waals surface area contributed by atoms with Crippen LogP contribution >= 0.6 is 67.8 Å². The summed E-state index contributed by atoms with van der Waals surface area (Å²) >= 11 is 6.56. The molecule has 0 aliphatic heterocycles. The molecule has 0 bridgehead atoms. The maximum absolute atomic E-state index is 12.3. The van der Waals surface area contributed by atoms with Gasteiger partial charge in [-0.1, -0.05) is 0 Å². The summed E-state index contributed by atoms with van der Waals surface area (Å²) in [5, 5.41) is 1.22. The second-order valence-corrected chi connectivity index (χ2v) is 7.09. The van der Waals surface area contributed by atoms with E-state index in [0.29, 0.717) is 5.56 Å². The molecule has 0 fully saturated rings. The highest BCUT2D eigenvalue weighted by molar-refractivity contribution is 14.1. The molecule has 0 spiro atoms. The van der Waals surface area contributed by atoms with Crippen LogP contribution in [0.3, 0.4) is 0 Å². The third-order valence-electron chi connectivity index (χ3n) is 2.24. The Morgan fingerprint density at radius 3 is 2.28 bits per heavy atom. The second-order valence-electron chi connectivity index (χ2n) is 3.69. The van der Waals surface area contributed by atoms with Crippen LogP contribution in [0.1, 0.15) is 22.8 Å². The van der Waals surface area contributed by atoms with Crippen LogP contribution < -0.4 is 5.43 Å². The number of hydrogen-bond donors (Lipinski definition) is 1. The van der Waals surface area contributed by atoms with Crippen LogP contribution in [-0.4, -0.2) is 23.9 Å². The van der Waals surface area contributed by atoms with Crippen LogP contribution in [0.25, 0.3) is 0 Å². The van der Waals surface area contributed by atoms with Crippen LogP contribution in [-0.2, 0) is 4.79 Å². The molecule has 0 saturated heterocycles. The van der Waals surface area contributed by atoms with Gasteiger partial charge >= 0.3 is 0 Å². The average molecular weight is 584 g/mol. The van der Waals surface area contributed by atoms with Gasteiger partial charge in [0.2, 0.25) is 5.91 Å². The van der Waals surface area contributed by atoms with Gasteiger partial charge in [-0.25, -0.2) is 0 Å². The standard InChI is InChI=1S/C11H11I3N2O2/c1-5-7(12)4-8(13)9(10(5)14)11(18)16(3)15-6(2)17/h4H,1-3H3,(H,15,17). The zero-order valence-electron chi connectivity index (χ0n) is 9.97. The zero-order chi connectivity index (χ0) is 14.0. The molecule has 4 nitrogen and oxygen atoms in total. The van der Waals surface area contributed by atoms with Crippen LogP contribution in [0.15, 0.2) is 6.07 Å². The number of carbonyl (C=O) groups is 2. The molecule has 1 N–H and O–H groups in total. The molecule has 0 aliphatic carbocycles. The first-order chi connectivity index (χ1) is 8.25. The quantitative estimate of drug-likeness (QED) is 0.408. The summed E-state index contributed by atoms with van der Waals surface area (Å²) in [6, 6.07) is 1.97. The van der Waals surface area contributed by atoms with Gasteiger partial charge < -0.3 is 0 Å². The molecule has 1 aromatic rings. The number of hydrazine groups is 1. The molecule has 2 amide bonds. The number of hydrogen-bond acceptors (Lipinski definition) is 2. The lowest BCUT2D eigenvalue weighted by molar-refractivity contribution is -0.122. The average Bonchev–Trinajstić information content (AvgIpc) is 2.25. The molecule has 0 radical (unpaired) electrons. The van der Waals surface area contributed by atoms with Crippen molar-refractivity contribution in [1.29, 1.82) is 0 Å². The Morgan fingerprint density at radius 1 is 1.22 bits per heavy atom. The third kappa shape index (κ3) is 3.68. The largest absolute Gasteiger partial charge is 0.274 e. The van der Waals surface area contributed by atoms with Crippen molar-refractivity contribution in [1.82, 2.24) is 10.4 Å². The van der Waals surface area contributed by atoms with Gasteiger partial charge in [0.15, 0.2) is 0 Å². The van der Waals surface area contributed by atoms with E-state index in [2.05, 4.69) is 73.2 Å². The first-order valence-electron chi connectivity index (χ1n) is 4.95. The van der Waals surface area contributed by atoms with Gasteiger partial charge in [0.25, 0.3) is 5.91 Å². The van der Waals surface area contributed by atoms with E-state index in [-0.39, 0.29) is 11.8 Å². The smallest absolute Gasteiger partial charge is 0.274 e. The summed E-state index contributed by atoms with van der Waals surface area (Å²) in [4.78, 5) is 23.3. The third-order valence-corrected chi connectivity index (χ3v) is 5.56. The van der Waals surface area contributed by atoms with Gasteiger partial charge in [-0.15, -0.1) is 0 Å². The summed E-state index contributed by atoms with van der Waals surface area (Å²) < 4.78 is 2.93. The van der Waals surface area contributed by atoms with Crippen LogP contribution in [0.4, 0.5) is 0 Å². The lowest BCUT2D eigenvalue weighted by Gasteiger charge is -2.20. The molecule has 0 heterocycles. The van der Waals surface area contributed by atoms with E-state index in [1.165, 1.54) is 11.9 Å². The monoisotopic (exact) mass is 584 g/mol. The summed E-state index contributed by atoms with van der Waals surface area (Å²) in [5.41, 5.74) is 4.18. The summed E-state index contributed by atoms with van der Waals surface area (Å²) in [6.45, 7) is 3.35. The first kappa shape index (κ1) is 16.4. The van der Waals surface area contributed by atoms with Crippen molar-refractivity contribution in [3.8, 4) is 0 Å². The summed E-state index contributed by atoms with van der Waals surface area (Å²) in [6.07, 6.45) is 0. The van der Waals surface area contributed by atoms with Gasteiger partial charge in [0.1, 0.15) is 0 Å². The number of nitrogens with zero attached hydrogens (tertiary/aromatic N) is 1. The molecule has 18 heavy (non-hydrogen) atoms. The fraction of sp³-hybridized carbons (Fsp3) is 0.273. The molecule has 0 aromatic heterocycles. The Hall–Kier alpha value is 0.350. The van der Waals surface area contributed by atoms with E-state index in [1.807, 2.05) is 13.0 Å². The maximum atomic E-state index is 12.3. The Morgan fingerprint density at radius 2 is 1.78 bits per heavy atom. The number of nitrogens with one attached hydrogen (secondary N) is 1. The summed E-state index contributed by atoms with van der Waals surface area (Å²) in [7, 11) is 1.54. The minimum absolute atomic E-state index is 0.210. The summed E-state index contributed by atoms with van der Waals surface area (Å²) in [5.74, 6) is -0.475. The van der Waals surface area contributed by atoms with Crippen molar-refractivity contribution in [2.45, 2.75) is 13.8 Å². The first-order valence-corrected chi connectivity index (χ1v) is 8.18. The van der Waals surface area contributed by atoms with E-state index in [0.717, 1.165) is 16.3 Å². The topological polar surface area (TPSA) is 49.4 Å². The van der Waals surface area contributed by atoms with Crippen LogP contribution in [0, 0.1) is 17.6 Å². The molecule has 1 rings (SSSR count). The van der Waals surface area contributed by atoms with Gasteiger partial charge in [-0.3, -0.25) is 20.0 Å².